The van der Waals surface area contributed by atoms with Crippen LogP contribution in [-0.2, 0) is 16.0 Å². The Balaban J connectivity index is 1.61. The standard InChI is InChI=1S/C16H22N2O2/c17-16(19)14(18-12-8-9-12)10-20-15-7-3-5-11-4-1-2-6-13(11)15/h1-2,4,6,12,14-15,18H,3,5,7-10H2,(H2,17,19). The van der Waals surface area contributed by atoms with E-state index in [1.54, 1.807) is 0 Å². The summed E-state index contributed by atoms with van der Waals surface area (Å²) in [6.45, 7) is 0.366. The number of hydrogen-bond acceptors (Lipinski definition) is 3. The van der Waals surface area contributed by atoms with E-state index in [2.05, 4.69) is 29.6 Å². The highest BCUT2D eigenvalue weighted by Gasteiger charge is 2.29. The van der Waals surface area contributed by atoms with Crippen LogP contribution in [0.5, 0.6) is 0 Å². The normalized spacial score (nSPS) is 23.1. The van der Waals surface area contributed by atoms with Gasteiger partial charge in [-0.1, -0.05) is 24.3 Å². The maximum absolute atomic E-state index is 11.5. The smallest absolute Gasteiger partial charge is 0.236 e. The van der Waals surface area contributed by atoms with Gasteiger partial charge in [0.2, 0.25) is 5.91 Å². The van der Waals surface area contributed by atoms with Crippen molar-refractivity contribution in [1.29, 1.82) is 0 Å². The van der Waals surface area contributed by atoms with Gasteiger partial charge >= 0.3 is 0 Å². The summed E-state index contributed by atoms with van der Waals surface area (Å²) >= 11 is 0. The molecule has 0 aliphatic heterocycles. The lowest BCUT2D eigenvalue weighted by Gasteiger charge is -2.27. The fourth-order valence-corrected chi connectivity index (χ4v) is 2.84. The molecule has 0 radical (unpaired) electrons. The van der Waals surface area contributed by atoms with Crippen LogP contribution in [0.15, 0.2) is 24.3 Å². The number of amides is 1. The highest BCUT2D eigenvalue weighted by Crippen LogP contribution is 2.32. The number of nitrogens with one attached hydrogen (secondary N) is 1. The van der Waals surface area contributed by atoms with E-state index in [0.29, 0.717) is 12.6 Å². The molecule has 2 aliphatic carbocycles. The summed E-state index contributed by atoms with van der Waals surface area (Å²) in [6, 6.07) is 8.51. The van der Waals surface area contributed by atoms with Crippen LogP contribution in [0, 0.1) is 0 Å². The van der Waals surface area contributed by atoms with Crippen LogP contribution in [-0.4, -0.2) is 24.6 Å². The van der Waals surface area contributed by atoms with Crippen molar-refractivity contribution in [3.8, 4) is 0 Å². The summed E-state index contributed by atoms with van der Waals surface area (Å²) in [5, 5.41) is 3.25. The van der Waals surface area contributed by atoms with Crippen LogP contribution in [0.25, 0.3) is 0 Å². The molecule has 0 bridgehead atoms. The molecule has 108 valence electrons. The zero-order chi connectivity index (χ0) is 13.9. The van der Waals surface area contributed by atoms with E-state index in [9.17, 15) is 4.79 Å². The van der Waals surface area contributed by atoms with Crippen LogP contribution >= 0.6 is 0 Å². The molecule has 1 saturated carbocycles. The van der Waals surface area contributed by atoms with Crippen molar-refractivity contribution in [2.75, 3.05) is 6.61 Å². The van der Waals surface area contributed by atoms with Gasteiger partial charge in [0.1, 0.15) is 6.04 Å². The number of primary amides is 1. The summed E-state index contributed by atoms with van der Waals surface area (Å²) in [5.41, 5.74) is 8.08. The molecule has 2 atom stereocenters. The molecule has 0 aromatic heterocycles. The second-order valence-electron chi connectivity index (χ2n) is 5.81. The van der Waals surface area contributed by atoms with Crippen molar-refractivity contribution in [3.05, 3.63) is 35.4 Å². The molecule has 20 heavy (non-hydrogen) atoms. The third kappa shape index (κ3) is 3.19. The van der Waals surface area contributed by atoms with Crippen LogP contribution in [0.1, 0.15) is 42.9 Å². The lowest BCUT2D eigenvalue weighted by atomic mass is 9.89. The van der Waals surface area contributed by atoms with Gasteiger partial charge in [0, 0.05) is 6.04 Å². The molecule has 2 aliphatic rings. The Labute approximate surface area is 119 Å². The lowest BCUT2D eigenvalue weighted by molar-refractivity contribution is -0.122. The zero-order valence-electron chi connectivity index (χ0n) is 11.7. The molecule has 4 nitrogen and oxygen atoms in total. The minimum absolute atomic E-state index is 0.0998. The molecular formula is C16H22N2O2. The summed E-state index contributed by atoms with van der Waals surface area (Å²) in [7, 11) is 0. The van der Waals surface area contributed by atoms with Crippen LogP contribution in [0.2, 0.25) is 0 Å². The molecule has 1 aromatic carbocycles. The SMILES string of the molecule is NC(=O)C(COC1CCCc2ccccc21)NC1CC1. The van der Waals surface area contributed by atoms with Crippen molar-refractivity contribution < 1.29 is 9.53 Å². The van der Waals surface area contributed by atoms with Crippen LogP contribution in [0.3, 0.4) is 0 Å². The largest absolute Gasteiger partial charge is 0.371 e. The quantitative estimate of drug-likeness (QED) is 0.829. The van der Waals surface area contributed by atoms with Crippen molar-refractivity contribution in [3.63, 3.8) is 0 Å². The average molecular weight is 274 g/mol. The van der Waals surface area contributed by atoms with Gasteiger partial charge in [-0.3, -0.25) is 4.79 Å². The van der Waals surface area contributed by atoms with Crippen molar-refractivity contribution in [2.45, 2.75) is 50.3 Å². The number of carbonyl (C=O) groups excluding carboxylic acids is 1. The lowest BCUT2D eigenvalue weighted by Crippen LogP contribution is -2.46. The highest BCUT2D eigenvalue weighted by atomic mass is 16.5. The Morgan fingerprint density at radius 3 is 2.90 bits per heavy atom. The number of aryl methyl sites for hydroxylation is 1. The molecule has 0 spiro atoms. The van der Waals surface area contributed by atoms with Crippen molar-refractivity contribution in [1.82, 2.24) is 5.32 Å². The molecule has 0 saturated heterocycles. The predicted octanol–water partition coefficient (Wildman–Crippen LogP) is 1.69. The minimum Gasteiger partial charge on any atom is -0.371 e. The monoisotopic (exact) mass is 274 g/mol. The van der Waals surface area contributed by atoms with E-state index >= 15 is 0 Å². The van der Waals surface area contributed by atoms with E-state index in [-0.39, 0.29) is 18.1 Å². The topological polar surface area (TPSA) is 64.4 Å². The Morgan fingerprint density at radius 2 is 2.15 bits per heavy atom. The Hall–Kier alpha value is -1.39. The number of benzene rings is 1. The first-order chi connectivity index (χ1) is 9.74. The second kappa shape index (κ2) is 5.94. The third-order valence-corrected chi connectivity index (χ3v) is 4.14. The van der Waals surface area contributed by atoms with E-state index in [1.807, 2.05) is 0 Å². The van der Waals surface area contributed by atoms with Gasteiger partial charge in [-0.15, -0.1) is 0 Å². The number of fused-ring (bicyclic) bond motifs is 1. The molecule has 3 N–H and O–H groups in total. The summed E-state index contributed by atoms with van der Waals surface area (Å²) in [6.07, 6.45) is 5.65. The molecular weight excluding hydrogens is 252 g/mol. The number of rotatable bonds is 6. The number of hydrogen-bond donors (Lipinski definition) is 2. The summed E-state index contributed by atoms with van der Waals surface area (Å²) in [5.74, 6) is -0.319. The zero-order valence-corrected chi connectivity index (χ0v) is 11.7. The van der Waals surface area contributed by atoms with Crippen LogP contribution < -0.4 is 11.1 Å². The van der Waals surface area contributed by atoms with Crippen LogP contribution in [0.4, 0.5) is 0 Å². The molecule has 0 heterocycles. The maximum atomic E-state index is 11.5. The third-order valence-electron chi connectivity index (χ3n) is 4.14. The fourth-order valence-electron chi connectivity index (χ4n) is 2.84. The van der Waals surface area contributed by atoms with E-state index in [0.717, 1.165) is 32.1 Å². The van der Waals surface area contributed by atoms with Gasteiger partial charge < -0.3 is 15.8 Å². The van der Waals surface area contributed by atoms with Crippen molar-refractivity contribution in [2.24, 2.45) is 5.73 Å². The Morgan fingerprint density at radius 1 is 1.35 bits per heavy atom. The van der Waals surface area contributed by atoms with E-state index in [4.69, 9.17) is 10.5 Å². The Kier molecular flexibility index (Phi) is 4.03. The first-order valence-electron chi connectivity index (χ1n) is 7.49. The predicted molar refractivity (Wildman–Crippen MR) is 77.2 cm³/mol. The molecule has 1 fully saturated rings. The number of carbonyl (C=O) groups is 1. The first kappa shape index (κ1) is 13.6. The summed E-state index contributed by atoms with van der Waals surface area (Å²) < 4.78 is 6.00. The molecule has 2 unspecified atom stereocenters. The van der Waals surface area contributed by atoms with E-state index < -0.39 is 0 Å². The van der Waals surface area contributed by atoms with Crippen molar-refractivity contribution >= 4 is 5.91 Å². The molecule has 3 rings (SSSR count). The van der Waals surface area contributed by atoms with Gasteiger partial charge in [-0.25, -0.2) is 0 Å². The minimum atomic E-state index is -0.364. The van der Waals surface area contributed by atoms with Gasteiger partial charge in [-0.2, -0.15) is 0 Å². The Bertz CT molecular complexity index is 485. The number of nitrogens with two attached hydrogens (primary N) is 1. The molecule has 1 aromatic rings. The van der Waals surface area contributed by atoms with Gasteiger partial charge in [0.25, 0.3) is 0 Å². The second-order valence-corrected chi connectivity index (χ2v) is 5.81. The number of ether oxygens (including phenoxy) is 1. The maximum Gasteiger partial charge on any atom is 0.236 e. The van der Waals surface area contributed by atoms with E-state index in [1.165, 1.54) is 11.1 Å². The highest BCUT2D eigenvalue weighted by molar-refractivity contribution is 5.80. The molecule has 1 amide bonds. The first-order valence-corrected chi connectivity index (χ1v) is 7.49. The fraction of sp³-hybridized carbons (Fsp3) is 0.562. The van der Waals surface area contributed by atoms with Gasteiger partial charge in [-0.05, 0) is 43.2 Å². The van der Waals surface area contributed by atoms with Gasteiger partial charge in [0.05, 0.1) is 12.7 Å². The summed E-state index contributed by atoms with van der Waals surface area (Å²) in [4.78, 5) is 11.5. The molecule has 4 heteroatoms. The van der Waals surface area contributed by atoms with Gasteiger partial charge in [0.15, 0.2) is 0 Å². The average Bonchev–Trinajstić information content (AvgIpc) is 3.27.